The van der Waals surface area contributed by atoms with Gasteiger partial charge in [-0.05, 0) is 44.0 Å². The first-order valence-corrected chi connectivity index (χ1v) is 8.76. The summed E-state index contributed by atoms with van der Waals surface area (Å²) in [5.41, 5.74) is 1.90. The van der Waals surface area contributed by atoms with Crippen LogP contribution in [0.15, 0.2) is 48.5 Å². The molecule has 0 bridgehead atoms. The fraction of sp³-hybridized carbons (Fsp3) is 0.350. The van der Waals surface area contributed by atoms with Crippen molar-refractivity contribution in [1.29, 1.82) is 0 Å². The van der Waals surface area contributed by atoms with Crippen molar-refractivity contribution in [3.05, 3.63) is 48.5 Å². The lowest BCUT2D eigenvalue weighted by atomic mass is 10.2. The number of para-hydroxylation sites is 4. The number of rotatable bonds is 7. The lowest BCUT2D eigenvalue weighted by molar-refractivity contribution is -0.118. The molecule has 0 spiro atoms. The van der Waals surface area contributed by atoms with E-state index in [0.717, 1.165) is 24.5 Å². The molecule has 1 saturated heterocycles. The molecule has 25 heavy (non-hydrogen) atoms. The van der Waals surface area contributed by atoms with Gasteiger partial charge in [-0.25, -0.2) is 0 Å². The van der Waals surface area contributed by atoms with Gasteiger partial charge < -0.3 is 19.7 Å². The zero-order valence-electron chi connectivity index (χ0n) is 14.5. The number of nitrogens with zero attached hydrogens (tertiary/aromatic N) is 1. The zero-order chi connectivity index (χ0) is 17.5. The monoisotopic (exact) mass is 340 g/mol. The minimum absolute atomic E-state index is 0.0571. The van der Waals surface area contributed by atoms with E-state index in [2.05, 4.69) is 10.2 Å². The van der Waals surface area contributed by atoms with Gasteiger partial charge in [-0.2, -0.15) is 0 Å². The van der Waals surface area contributed by atoms with Crippen LogP contribution in [0.4, 0.5) is 11.4 Å². The Morgan fingerprint density at radius 1 is 1.00 bits per heavy atom. The number of hydrogen-bond donors (Lipinski definition) is 1. The second-order valence-electron chi connectivity index (χ2n) is 5.93. The van der Waals surface area contributed by atoms with Crippen LogP contribution in [0.2, 0.25) is 0 Å². The van der Waals surface area contributed by atoms with Crippen molar-refractivity contribution >= 4 is 17.3 Å². The molecule has 1 aliphatic rings. The maximum Gasteiger partial charge on any atom is 0.262 e. The third-order valence-corrected chi connectivity index (χ3v) is 4.13. The van der Waals surface area contributed by atoms with E-state index in [0.29, 0.717) is 18.1 Å². The molecule has 3 rings (SSSR count). The fourth-order valence-electron chi connectivity index (χ4n) is 2.99. The van der Waals surface area contributed by atoms with E-state index in [1.54, 1.807) is 6.07 Å². The normalized spacial score (nSPS) is 13.6. The van der Waals surface area contributed by atoms with E-state index in [1.165, 1.54) is 12.8 Å². The summed E-state index contributed by atoms with van der Waals surface area (Å²) >= 11 is 0. The smallest absolute Gasteiger partial charge is 0.262 e. The van der Waals surface area contributed by atoms with E-state index >= 15 is 0 Å². The minimum atomic E-state index is -0.182. The SMILES string of the molecule is CCOc1ccccc1OCC(=O)Nc1ccccc1N1CCCC1. The van der Waals surface area contributed by atoms with Crippen molar-refractivity contribution in [2.75, 3.05) is 36.5 Å². The maximum atomic E-state index is 12.3. The molecular formula is C20H24N2O3. The number of nitrogens with one attached hydrogen (secondary N) is 1. The first-order chi connectivity index (χ1) is 12.3. The van der Waals surface area contributed by atoms with Crippen molar-refractivity contribution in [1.82, 2.24) is 0 Å². The van der Waals surface area contributed by atoms with Gasteiger partial charge >= 0.3 is 0 Å². The van der Waals surface area contributed by atoms with Crippen LogP contribution < -0.4 is 19.7 Å². The molecule has 0 atom stereocenters. The lowest BCUT2D eigenvalue weighted by Gasteiger charge is -2.21. The van der Waals surface area contributed by atoms with Gasteiger partial charge in [0.15, 0.2) is 18.1 Å². The third-order valence-electron chi connectivity index (χ3n) is 4.13. The Bertz CT molecular complexity index is 712. The van der Waals surface area contributed by atoms with Gasteiger partial charge in [-0.3, -0.25) is 4.79 Å². The van der Waals surface area contributed by atoms with E-state index in [-0.39, 0.29) is 12.5 Å². The van der Waals surface area contributed by atoms with Crippen LogP contribution in [0.5, 0.6) is 11.5 Å². The summed E-state index contributed by atoms with van der Waals surface area (Å²) in [5, 5.41) is 2.96. The average Bonchev–Trinajstić information content (AvgIpc) is 3.16. The van der Waals surface area contributed by atoms with E-state index in [4.69, 9.17) is 9.47 Å². The molecule has 1 amide bonds. The number of benzene rings is 2. The van der Waals surface area contributed by atoms with Crippen molar-refractivity contribution < 1.29 is 14.3 Å². The number of hydrogen-bond acceptors (Lipinski definition) is 4. The quantitative estimate of drug-likeness (QED) is 0.835. The first-order valence-electron chi connectivity index (χ1n) is 8.76. The van der Waals surface area contributed by atoms with Crippen molar-refractivity contribution in [2.45, 2.75) is 19.8 Å². The van der Waals surface area contributed by atoms with Crippen LogP contribution in [0.25, 0.3) is 0 Å². The van der Waals surface area contributed by atoms with Gasteiger partial charge in [-0.15, -0.1) is 0 Å². The molecule has 5 heteroatoms. The molecule has 0 aliphatic carbocycles. The number of carbonyl (C=O) groups is 1. The Hall–Kier alpha value is -2.69. The number of amides is 1. The van der Waals surface area contributed by atoms with Crippen LogP contribution in [0, 0.1) is 0 Å². The van der Waals surface area contributed by atoms with Crippen LogP contribution in [0.3, 0.4) is 0 Å². The van der Waals surface area contributed by atoms with Gasteiger partial charge in [-0.1, -0.05) is 24.3 Å². The number of carbonyl (C=O) groups excluding carboxylic acids is 1. The Morgan fingerprint density at radius 3 is 2.36 bits per heavy atom. The molecule has 1 N–H and O–H groups in total. The third kappa shape index (κ3) is 4.44. The molecule has 1 fully saturated rings. The Labute approximate surface area is 148 Å². The Morgan fingerprint density at radius 2 is 1.64 bits per heavy atom. The summed E-state index contributed by atoms with van der Waals surface area (Å²) in [7, 11) is 0. The molecule has 132 valence electrons. The molecule has 2 aromatic rings. The molecule has 0 aromatic heterocycles. The lowest BCUT2D eigenvalue weighted by Crippen LogP contribution is -2.24. The highest BCUT2D eigenvalue weighted by molar-refractivity contribution is 5.95. The molecule has 0 radical (unpaired) electrons. The van der Waals surface area contributed by atoms with Crippen molar-refractivity contribution in [3.8, 4) is 11.5 Å². The van der Waals surface area contributed by atoms with Crippen molar-refractivity contribution in [3.63, 3.8) is 0 Å². The second kappa shape index (κ2) is 8.42. The van der Waals surface area contributed by atoms with Crippen LogP contribution in [-0.2, 0) is 4.79 Å². The van der Waals surface area contributed by atoms with E-state index < -0.39 is 0 Å². The Kier molecular flexibility index (Phi) is 5.77. The minimum Gasteiger partial charge on any atom is -0.490 e. The van der Waals surface area contributed by atoms with Gasteiger partial charge in [0.05, 0.1) is 18.0 Å². The highest BCUT2D eigenvalue weighted by atomic mass is 16.5. The standard InChI is InChI=1S/C20H24N2O3/c1-2-24-18-11-5-6-12-19(18)25-15-20(23)21-16-9-3-4-10-17(16)22-13-7-8-14-22/h3-6,9-12H,2,7-8,13-15H2,1H3,(H,21,23). The van der Waals surface area contributed by atoms with E-state index in [9.17, 15) is 4.79 Å². The summed E-state index contributed by atoms with van der Waals surface area (Å²) in [6, 6.07) is 15.3. The average molecular weight is 340 g/mol. The van der Waals surface area contributed by atoms with Gasteiger partial charge in [0.25, 0.3) is 5.91 Å². The molecule has 0 unspecified atom stereocenters. The largest absolute Gasteiger partial charge is 0.490 e. The first kappa shape index (κ1) is 17.1. The second-order valence-corrected chi connectivity index (χ2v) is 5.93. The van der Waals surface area contributed by atoms with Gasteiger partial charge in [0.2, 0.25) is 0 Å². The summed E-state index contributed by atoms with van der Waals surface area (Å²) < 4.78 is 11.1. The molecule has 1 heterocycles. The van der Waals surface area contributed by atoms with Gasteiger partial charge in [0.1, 0.15) is 0 Å². The van der Waals surface area contributed by atoms with E-state index in [1.807, 2.05) is 49.4 Å². The summed E-state index contributed by atoms with van der Waals surface area (Å²) in [5.74, 6) is 1.04. The zero-order valence-corrected chi connectivity index (χ0v) is 14.5. The Balaban J connectivity index is 1.62. The van der Waals surface area contributed by atoms with Crippen LogP contribution in [-0.4, -0.2) is 32.2 Å². The summed E-state index contributed by atoms with van der Waals surface area (Å²) in [6.45, 7) is 4.48. The highest BCUT2D eigenvalue weighted by Gasteiger charge is 2.16. The number of ether oxygens (including phenoxy) is 2. The van der Waals surface area contributed by atoms with Crippen molar-refractivity contribution in [2.24, 2.45) is 0 Å². The molecule has 1 aliphatic heterocycles. The predicted molar refractivity (Wildman–Crippen MR) is 99.6 cm³/mol. The highest BCUT2D eigenvalue weighted by Crippen LogP contribution is 2.29. The molecular weight excluding hydrogens is 316 g/mol. The predicted octanol–water partition coefficient (Wildman–Crippen LogP) is 3.70. The molecule has 2 aromatic carbocycles. The topological polar surface area (TPSA) is 50.8 Å². The molecule has 0 saturated carbocycles. The molecule has 5 nitrogen and oxygen atoms in total. The fourth-order valence-corrected chi connectivity index (χ4v) is 2.99. The van der Waals surface area contributed by atoms with Crippen LogP contribution >= 0.6 is 0 Å². The summed E-state index contributed by atoms with van der Waals surface area (Å²) in [4.78, 5) is 14.6. The maximum absolute atomic E-state index is 12.3. The van der Waals surface area contributed by atoms with Gasteiger partial charge in [0, 0.05) is 13.1 Å². The summed E-state index contributed by atoms with van der Waals surface area (Å²) in [6.07, 6.45) is 2.39. The van der Waals surface area contributed by atoms with Crippen LogP contribution in [0.1, 0.15) is 19.8 Å². The number of anilines is 2.